The van der Waals surface area contributed by atoms with Crippen molar-refractivity contribution in [1.29, 1.82) is 0 Å². The third kappa shape index (κ3) is 0.987. The lowest BCUT2D eigenvalue weighted by Crippen LogP contribution is -2.39. The van der Waals surface area contributed by atoms with E-state index in [0.717, 1.165) is 17.3 Å². The Bertz CT molecular complexity index is 331. The summed E-state index contributed by atoms with van der Waals surface area (Å²) >= 11 is 3.36. The van der Waals surface area contributed by atoms with Gasteiger partial charge >= 0.3 is 0 Å². The molecule has 1 aromatic heterocycles. The van der Waals surface area contributed by atoms with E-state index < -0.39 is 0 Å². The highest BCUT2D eigenvalue weighted by Gasteiger charge is 2.37. The summed E-state index contributed by atoms with van der Waals surface area (Å²) < 4.78 is 2.88. The van der Waals surface area contributed by atoms with Gasteiger partial charge in [-0.15, -0.1) is 6.42 Å². The fourth-order valence-corrected chi connectivity index (χ4v) is 1.77. The van der Waals surface area contributed by atoms with Crippen LogP contribution in [0.4, 0.5) is 0 Å². The van der Waals surface area contributed by atoms with Crippen LogP contribution >= 0.6 is 15.9 Å². The molecular weight excluding hydrogens is 216 g/mol. The number of aromatic nitrogens is 2. The number of hydrogen-bond acceptors (Lipinski definition) is 1. The summed E-state index contributed by atoms with van der Waals surface area (Å²) in [5.41, 5.74) is -0.119. The largest absolute Gasteiger partial charge is 0.253 e. The van der Waals surface area contributed by atoms with Crippen LogP contribution in [0.2, 0.25) is 0 Å². The van der Waals surface area contributed by atoms with Crippen LogP contribution in [-0.2, 0) is 5.54 Å². The molecule has 2 nitrogen and oxygen atoms in total. The molecule has 1 saturated carbocycles. The lowest BCUT2D eigenvalue weighted by atomic mass is 9.78. The van der Waals surface area contributed by atoms with E-state index in [4.69, 9.17) is 6.42 Å². The topological polar surface area (TPSA) is 17.8 Å². The van der Waals surface area contributed by atoms with Gasteiger partial charge in [-0.05, 0) is 35.2 Å². The SMILES string of the molecule is C#CC1(n2cc(Br)cn2)CCC1. The van der Waals surface area contributed by atoms with Gasteiger partial charge in [-0.1, -0.05) is 5.92 Å². The van der Waals surface area contributed by atoms with Gasteiger partial charge in [-0.2, -0.15) is 5.10 Å². The summed E-state index contributed by atoms with van der Waals surface area (Å²) in [5, 5.41) is 4.21. The van der Waals surface area contributed by atoms with Gasteiger partial charge in [0, 0.05) is 6.20 Å². The molecule has 0 radical (unpaired) electrons. The Morgan fingerprint density at radius 2 is 2.42 bits per heavy atom. The Morgan fingerprint density at radius 3 is 2.75 bits per heavy atom. The molecule has 0 aromatic carbocycles. The highest BCUT2D eigenvalue weighted by atomic mass is 79.9. The Morgan fingerprint density at radius 1 is 1.67 bits per heavy atom. The predicted octanol–water partition coefficient (Wildman–Crippen LogP) is 2.16. The summed E-state index contributed by atoms with van der Waals surface area (Å²) in [5.74, 6) is 2.82. The molecule has 1 fully saturated rings. The first-order valence-corrected chi connectivity index (χ1v) is 4.75. The number of halogens is 1. The van der Waals surface area contributed by atoms with Gasteiger partial charge in [-0.3, -0.25) is 4.68 Å². The van der Waals surface area contributed by atoms with E-state index in [1.807, 2.05) is 10.9 Å². The van der Waals surface area contributed by atoms with E-state index in [0.29, 0.717) is 0 Å². The summed E-state index contributed by atoms with van der Waals surface area (Å²) in [6.07, 6.45) is 12.5. The first-order valence-electron chi connectivity index (χ1n) is 3.95. The molecule has 0 amide bonds. The van der Waals surface area contributed by atoms with Crippen LogP contribution in [-0.4, -0.2) is 9.78 Å². The van der Waals surface area contributed by atoms with Crippen LogP contribution in [0, 0.1) is 12.3 Å². The predicted molar refractivity (Wildman–Crippen MR) is 50.6 cm³/mol. The first-order chi connectivity index (χ1) is 5.77. The van der Waals surface area contributed by atoms with E-state index in [1.54, 1.807) is 6.20 Å². The summed E-state index contributed by atoms with van der Waals surface area (Å²) in [6, 6.07) is 0. The maximum atomic E-state index is 5.48. The molecule has 0 unspecified atom stereocenters. The number of nitrogens with zero attached hydrogens (tertiary/aromatic N) is 2. The third-order valence-electron chi connectivity index (χ3n) is 2.44. The zero-order chi connectivity index (χ0) is 8.60. The van der Waals surface area contributed by atoms with Crippen LogP contribution in [0.3, 0.4) is 0 Å². The molecular formula is C9H9BrN2. The maximum Gasteiger partial charge on any atom is 0.122 e. The van der Waals surface area contributed by atoms with E-state index in [9.17, 15) is 0 Å². The van der Waals surface area contributed by atoms with Gasteiger partial charge in [0.2, 0.25) is 0 Å². The maximum absolute atomic E-state index is 5.48. The van der Waals surface area contributed by atoms with Gasteiger partial charge in [0.05, 0.1) is 10.7 Å². The second-order valence-electron chi connectivity index (χ2n) is 3.13. The number of rotatable bonds is 1. The van der Waals surface area contributed by atoms with Crippen molar-refractivity contribution in [1.82, 2.24) is 9.78 Å². The van der Waals surface area contributed by atoms with Crippen LogP contribution < -0.4 is 0 Å². The fourth-order valence-electron chi connectivity index (χ4n) is 1.49. The summed E-state index contributed by atoms with van der Waals surface area (Å²) in [7, 11) is 0. The van der Waals surface area contributed by atoms with Crippen molar-refractivity contribution < 1.29 is 0 Å². The molecule has 0 atom stereocenters. The van der Waals surface area contributed by atoms with E-state index >= 15 is 0 Å². The van der Waals surface area contributed by atoms with Crippen LogP contribution in [0.25, 0.3) is 0 Å². The number of terminal acetylenes is 1. The Hall–Kier alpha value is -0.750. The molecule has 0 aliphatic heterocycles. The van der Waals surface area contributed by atoms with E-state index in [1.165, 1.54) is 6.42 Å². The molecule has 1 aliphatic rings. The third-order valence-corrected chi connectivity index (χ3v) is 2.85. The van der Waals surface area contributed by atoms with Crippen molar-refractivity contribution >= 4 is 15.9 Å². The van der Waals surface area contributed by atoms with Crippen LogP contribution in [0.5, 0.6) is 0 Å². The minimum Gasteiger partial charge on any atom is -0.253 e. The average Bonchev–Trinajstić information content (AvgIpc) is 2.35. The molecule has 0 bridgehead atoms. The average molecular weight is 225 g/mol. The molecule has 1 aliphatic carbocycles. The highest BCUT2D eigenvalue weighted by Crippen LogP contribution is 2.38. The van der Waals surface area contributed by atoms with E-state index in [2.05, 4.69) is 26.9 Å². The van der Waals surface area contributed by atoms with Crippen molar-refractivity contribution in [3.63, 3.8) is 0 Å². The van der Waals surface area contributed by atoms with Gasteiger partial charge in [0.1, 0.15) is 5.54 Å². The Balaban J connectivity index is 2.35. The second-order valence-corrected chi connectivity index (χ2v) is 4.05. The van der Waals surface area contributed by atoms with Gasteiger partial charge in [0.15, 0.2) is 0 Å². The van der Waals surface area contributed by atoms with Crippen molar-refractivity contribution in [2.45, 2.75) is 24.8 Å². The fraction of sp³-hybridized carbons (Fsp3) is 0.444. The Labute approximate surface area is 80.1 Å². The molecule has 2 rings (SSSR count). The van der Waals surface area contributed by atoms with Crippen molar-refractivity contribution in [3.8, 4) is 12.3 Å². The molecule has 62 valence electrons. The van der Waals surface area contributed by atoms with Crippen molar-refractivity contribution in [2.24, 2.45) is 0 Å². The van der Waals surface area contributed by atoms with Gasteiger partial charge in [0.25, 0.3) is 0 Å². The monoisotopic (exact) mass is 224 g/mol. The van der Waals surface area contributed by atoms with Gasteiger partial charge < -0.3 is 0 Å². The lowest BCUT2D eigenvalue weighted by Gasteiger charge is -2.37. The molecule has 0 spiro atoms. The lowest BCUT2D eigenvalue weighted by molar-refractivity contribution is 0.200. The molecule has 0 saturated heterocycles. The summed E-state index contributed by atoms with van der Waals surface area (Å²) in [4.78, 5) is 0. The van der Waals surface area contributed by atoms with Crippen LogP contribution in [0.15, 0.2) is 16.9 Å². The van der Waals surface area contributed by atoms with Crippen molar-refractivity contribution in [3.05, 3.63) is 16.9 Å². The zero-order valence-electron chi connectivity index (χ0n) is 6.63. The molecule has 0 N–H and O–H groups in total. The summed E-state index contributed by atoms with van der Waals surface area (Å²) in [6.45, 7) is 0. The number of hydrogen-bond donors (Lipinski definition) is 0. The normalized spacial score (nSPS) is 19.7. The van der Waals surface area contributed by atoms with Crippen molar-refractivity contribution in [2.75, 3.05) is 0 Å². The quantitative estimate of drug-likeness (QED) is 0.669. The van der Waals surface area contributed by atoms with Crippen LogP contribution in [0.1, 0.15) is 19.3 Å². The minimum absolute atomic E-state index is 0.119. The first kappa shape index (κ1) is 7.88. The minimum atomic E-state index is -0.119. The molecule has 12 heavy (non-hydrogen) atoms. The van der Waals surface area contributed by atoms with Gasteiger partial charge in [-0.25, -0.2) is 0 Å². The molecule has 3 heteroatoms. The second kappa shape index (κ2) is 2.63. The smallest absolute Gasteiger partial charge is 0.122 e. The zero-order valence-corrected chi connectivity index (χ0v) is 8.21. The molecule has 1 aromatic rings. The van der Waals surface area contributed by atoms with E-state index in [-0.39, 0.29) is 5.54 Å². The molecule has 1 heterocycles. The standard InChI is InChI=1S/C9H9BrN2/c1-2-9(4-3-5-9)12-7-8(10)6-11-12/h1,6-7H,3-5H2. The Kier molecular flexibility index (Phi) is 1.73. The highest BCUT2D eigenvalue weighted by molar-refractivity contribution is 9.10.